The smallest absolute Gasteiger partial charge is 0.315 e. The van der Waals surface area contributed by atoms with Crippen molar-refractivity contribution in [3.05, 3.63) is 22.4 Å². The molecule has 5 heteroatoms. The molecular weight excluding hydrogens is 258 g/mol. The van der Waals surface area contributed by atoms with Crippen molar-refractivity contribution in [1.29, 1.82) is 0 Å². The second-order valence-corrected chi connectivity index (χ2v) is 6.47. The molecule has 0 saturated heterocycles. The first-order valence-corrected chi connectivity index (χ1v) is 7.72. The van der Waals surface area contributed by atoms with Crippen molar-refractivity contribution in [2.45, 2.75) is 37.8 Å². The summed E-state index contributed by atoms with van der Waals surface area (Å²) in [6.45, 7) is 1.34. The van der Waals surface area contributed by atoms with Gasteiger partial charge in [0.05, 0.1) is 6.54 Å². The van der Waals surface area contributed by atoms with E-state index in [4.69, 9.17) is 0 Å². The highest BCUT2D eigenvalue weighted by atomic mass is 32.1. The van der Waals surface area contributed by atoms with E-state index in [0.29, 0.717) is 6.54 Å². The predicted octanol–water partition coefficient (Wildman–Crippen LogP) is 2.42. The maximum absolute atomic E-state index is 11.8. The van der Waals surface area contributed by atoms with Crippen molar-refractivity contribution in [3.63, 3.8) is 0 Å². The van der Waals surface area contributed by atoms with E-state index in [1.807, 2.05) is 17.5 Å². The zero-order chi connectivity index (χ0) is 13.7. The summed E-state index contributed by atoms with van der Waals surface area (Å²) in [7, 11) is 4.22. The van der Waals surface area contributed by atoms with E-state index < -0.39 is 0 Å². The predicted molar refractivity (Wildman–Crippen MR) is 79.4 cm³/mol. The first kappa shape index (κ1) is 14.3. The average molecular weight is 281 g/mol. The summed E-state index contributed by atoms with van der Waals surface area (Å²) in [4.78, 5) is 15.3. The molecule has 1 saturated carbocycles. The van der Waals surface area contributed by atoms with Crippen LogP contribution in [0.4, 0.5) is 4.79 Å². The van der Waals surface area contributed by atoms with Crippen LogP contribution in [0.25, 0.3) is 0 Å². The van der Waals surface area contributed by atoms with Gasteiger partial charge in [0.2, 0.25) is 0 Å². The zero-order valence-corrected chi connectivity index (χ0v) is 12.6. The molecule has 1 aromatic rings. The number of hydrogen-bond donors (Lipinski definition) is 2. The van der Waals surface area contributed by atoms with Gasteiger partial charge in [-0.3, -0.25) is 0 Å². The number of amides is 2. The number of likely N-dealkylation sites (N-methyl/N-ethyl adjacent to an activating group) is 1. The van der Waals surface area contributed by atoms with Crippen molar-refractivity contribution >= 4 is 17.4 Å². The number of carbonyl (C=O) groups is 1. The highest BCUT2D eigenvalue weighted by molar-refractivity contribution is 7.09. The van der Waals surface area contributed by atoms with E-state index in [1.165, 1.54) is 30.6 Å². The Kier molecular flexibility index (Phi) is 4.82. The van der Waals surface area contributed by atoms with E-state index in [0.717, 1.165) is 6.54 Å². The minimum absolute atomic E-state index is 0.0680. The molecule has 2 rings (SSSR count). The normalized spacial score (nSPS) is 17.6. The molecule has 2 N–H and O–H groups in total. The van der Waals surface area contributed by atoms with Gasteiger partial charge in [-0.25, -0.2) is 4.79 Å². The maximum atomic E-state index is 11.8. The van der Waals surface area contributed by atoms with Gasteiger partial charge in [0.1, 0.15) is 0 Å². The molecule has 1 aliphatic rings. The fourth-order valence-corrected chi connectivity index (χ4v) is 3.35. The van der Waals surface area contributed by atoms with Crippen LogP contribution in [0.3, 0.4) is 0 Å². The number of hydrogen-bond acceptors (Lipinski definition) is 3. The molecule has 0 unspecified atom stereocenters. The van der Waals surface area contributed by atoms with E-state index in [2.05, 4.69) is 29.6 Å². The SMILES string of the molecule is CN(C)C1(CNC(=O)NCc2cccs2)CCCC1. The number of rotatable bonds is 5. The standard InChI is InChI=1S/C14H23N3OS/c1-17(2)14(7-3-4-8-14)11-16-13(18)15-10-12-6-5-9-19-12/h5-6,9H,3-4,7-8,10-11H2,1-2H3,(H2,15,16,18). The van der Waals surface area contributed by atoms with Crippen molar-refractivity contribution in [3.8, 4) is 0 Å². The quantitative estimate of drug-likeness (QED) is 0.870. The zero-order valence-electron chi connectivity index (χ0n) is 11.7. The lowest BCUT2D eigenvalue weighted by molar-refractivity contribution is 0.154. The van der Waals surface area contributed by atoms with Gasteiger partial charge in [-0.05, 0) is 38.4 Å². The van der Waals surface area contributed by atoms with E-state index in [9.17, 15) is 4.79 Å². The van der Waals surface area contributed by atoms with Crippen LogP contribution in [0.2, 0.25) is 0 Å². The fourth-order valence-electron chi connectivity index (χ4n) is 2.70. The number of urea groups is 1. The van der Waals surface area contributed by atoms with Crippen LogP contribution in [0.5, 0.6) is 0 Å². The molecule has 1 fully saturated rings. The van der Waals surface area contributed by atoms with Crippen molar-refractivity contribution < 1.29 is 4.79 Å². The minimum Gasteiger partial charge on any atom is -0.336 e. The Morgan fingerprint density at radius 2 is 2.11 bits per heavy atom. The van der Waals surface area contributed by atoms with Gasteiger partial charge in [-0.15, -0.1) is 11.3 Å². The molecule has 0 spiro atoms. The van der Waals surface area contributed by atoms with Gasteiger partial charge in [0.15, 0.2) is 0 Å². The summed E-state index contributed by atoms with van der Waals surface area (Å²) in [5.41, 5.74) is 0.153. The molecule has 1 aliphatic carbocycles. The van der Waals surface area contributed by atoms with E-state index in [-0.39, 0.29) is 11.6 Å². The third-order valence-corrected chi connectivity index (χ3v) is 4.94. The van der Waals surface area contributed by atoms with Crippen molar-refractivity contribution in [2.75, 3.05) is 20.6 Å². The van der Waals surface area contributed by atoms with Crippen LogP contribution in [0, 0.1) is 0 Å². The fraction of sp³-hybridized carbons (Fsp3) is 0.643. The topological polar surface area (TPSA) is 44.4 Å². The molecule has 106 valence electrons. The van der Waals surface area contributed by atoms with E-state index >= 15 is 0 Å². The van der Waals surface area contributed by atoms with Crippen LogP contribution in [0.1, 0.15) is 30.6 Å². The molecule has 4 nitrogen and oxygen atoms in total. The monoisotopic (exact) mass is 281 g/mol. The molecule has 0 aromatic carbocycles. The summed E-state index contributed by atoms with van der Waals surface area (Å²) in [6.07, 6.45) is 4.86. The lowest BCUT2D eigenvalue weighted by Crippen LogP contribution is -2.52. The molecule has 2 amide bonds. The Labute approximate surface area is 119 Å². The van der Waals surface area contributed by atoms with Gasteiger partial charge in [-0.1, -0.05) is 18.9 Å². The first-order valence-electron chi connectivity index (χ1n) is 6.84. The van der Waals surface area contributed by atoms with Crippen LogP contribution in [-0.2, 0) is 6.54 Å². The highest BCUT2D eigenvalue weighted by Crippen LogP contribution is 2.32. The Morgan fingerprint density at radius 1 is 1.37 bits per heavy atom. The number of thiophene rings is 1. The molecule has 1 aromatic heterocycles. The van der Waals surface area contributed by atoms with Gasteiger partial charge in [0.25, 0.3) is 0 Å². The molecule has 1 heterocycles. The summed E-state index contributed by atoms with van der Waals surface area (Å²) >= 11 is 1.66. The Hall–Kier alpha value is -1.07. The highest BCUT2D eigenvalue weighted by Gasteiger charge is 2.36. The van der Waals surface area contributed by atoms with Crippen LogP contribution < -0.4 is 10.6 Å². The number of nitrogens with one attached hydrogen (secondary N) is 2. The maximum Gasteiger partial charge on any atom is 0.315 e. The second kappa shape index (κ2) is 6.39. The number of carbonyl (C=O) groups excluding carboxylic acids is 1. The lowest BCUT2D eigenvalue weighted by atomic mass is 9.96. The lowest BCUT2D eigenvalue weighted by Gasteiger charge is -2.36. The molecule has 0 aliphatic heterocycles. The largest absolute Gasteiger partial charge is 0.336 e. The minimum atomic E-state index is -0.0680. The second-order valence-electron chi connectivity index (χ2n) is 5.44. The van der Waals surface area contributed by atoms with E-state index in [1.54, 1.807) is 11.3 Å². The molecular formula is C14H23N3OS. The summed E-state index contributed by atoms with van der Waals surface area (Å²) in [6, 6.07) is 3.96. The van der Waals surface area contributed by atoms with Gasteiger partial charge in [0, 0.05) is 17.0 Å². The van der Waals surface area contributed by atoms with Crippen LogP contribution in [0.15, 0.2) is 17.5 Å². The summed E-state index contributed by atoms with van der Waals surface area (Å²) < 4.78 is 0. The van der Waals surface area contributed by atoms with Crippen molar-refractivity contribution in [2.24, 2.45) is 0 Å². The first-order chi connectivity index (χ1) is 9.12. The summed E-state index contributed by atoms with van der Waals surface area (Å²) in [5.74, 6) is 0. The van der Waals surface area contributed by atoms with Crippen LogP contribution in [-0.4, -0.2) is 37.1 Å². The molecule has 19 heavy (non-hydrogen) atoms. The molecule has 0 atom stereocenters. The molecule has 0 bridgehead atoms. The van der Waals surface area contributed by atoms with Crippen molar-refractivity contribution in [1.82, 2.24) is 15.5 Å². The average Bonchev–Trinajstić information content (AvgIpc) is 3.05. The third-order valence-electron chi connectivity index (χ3n) is 4.06. The Balaban J connectivity index is 1.76. The van der Waals surface area contributed by atoms with Gasteiger partial charge < -0.3 is 15.5 Å². The van der Waals surface area contributed by atoms with Gasteiger partial charge in [-0.2, -0.15) is 0 Å². The Morgan fingerprint density at radius 3 is 2.68 bits per heavy atom. The number of nitrogens with zero attached hydrogens (tertiary/aromatic N) is 1. The Bertz CT molecular complexity index is 397. The third kappa shape index (κ3) is 3.70. The van der Waals surface area contributed by atoms with Crippen LogP contribution >= 0.6 is 11.3 Å². The van der Waals surface area contributed by atoms with Gasteiger partial charge >= 0.3 is 6.03 Å². The summed E-state index contributed by atoms with van der Waals surface area (Å²) in [5, 5.41) is 7.95. The molecule has 0 radical (unpaired) electrons.